The molecule has 0 saturated carbocycles. The SMILES string of the molecule is C=N.C=N.C=N.C=N.[Cu]. The fourth-order valence-electron chi connectivity index (χ4n) is 0. The maximum atomic E-state index is 5.50. The van der Waals surface area contributed by atoms with E-state index < -0.39 is 0 Å². The van der Waals surface area contributed by atoms with Crippen LogP contribution in [0.1, 0.15) is 0 Å². The molecule has 4 N–H and O–H groups in total. The van der Waals surface area contributed by atoms with Gasteiger partial charge < -0.3 is 21.6 Å². The van der Waals surface area contributed by atoms with Gasteiger partial charge in [0.1, 0.15) is 0 Å². The van der Waals surface area contributed by atoms with Gasteiger partial charge in [-0.2, -0.15) is 0 Å². The maximum absolute atomic E-state index is 5.50. The minimum absolute atomic E-state index is 0. The van der Waals surface area contributed by atoms with Crippen molar-refractivity contribution in [3.63, 3.8) is 0 Å². The van der Waals surface area contributed by atoms with Gasteiger partial charge in [0.2, 0.25) is 0 Å². The second-order valence-electron chi connectivity index (χ2n) is 0. The zero-order valence-corrected chi connectivity index (χ0v) is 6.07. The molecular formula is C4H12CuN4. The van der Waals surface area contributed by atoms with Crippen molar-refractivity contribution >= 4 is 26.9 Å². The van der Waals surface area contributed by atoms with Crippen molar-refractivity contribution in [1.82, 2.24) is 0 Å². The minimum atomic E-state index is 0. The fourth-order valence-corrected chi connectivity index (χ4v) is 0. The average Bonchev–Trinajstić information content (AvgIpc) is 2.03. The van der Waals surface area contributed by atoms with E-state index in [2.05, 4.69) is 26.9 Å². The van der Waals surface area contributed by atoms with Crippen LogP contribution in [0.15, 0.2) is 0 Å². The van der Waals surface area contributed by atoms with Gasteiger partial charge in [0.25, 0.3) is 0 Å². The van der Waals surface area contributed by atoms with Gasteiger partial charge >= 0.3 is 0 Å². The Morgan fingerprint density at radius 1 is 0.444 bits per heavy atom. The topological polar surface area (TPSA) is 95.4 Å². The summed E-state index contributed by atoms with van der Waals surface area (Å²) in [5.41, 5.74) is 0. The van der Waals surface area contributed by atoms with Crippen LogP contribution in [0.5, 0.6) is 0 Å². The van der Waals surface area contributed by atoms with Gasteiger partial charge in [0.05, 0.1) is 0 Å². The molecule has 9 heavy (non-hydrogen) atoms. The summed E-state index contributed by atoms with van der Waals surface area (Å²) in [6, 6.07) is 0. The molecule has 5 heteroatoms. The summed E-state index contributed by atoms with van der Waals surface area (Å²) >= 11 is 0. The molecule has 0 aromatic carbocycles. The van der Waals surface area contributed by atoms with Crippen LogP contribution in [0, 0.1) is 21.6 Å². The Morgan fingerprint density at radius 3 is 0.444 bits per heavy atom. The summed E-state index contributed by atoms with van der Waals surface area (Å²) < 4.78 is 0. The van der Waals surface area contributed by atoms with Crippen molar-refractivity contribution in [3.05, 3.63) is 0 Å². The van der Waals surface area contributed by atoms with E-state index in [0.717, 1.165) is 0 Å². The Bertz CT molecular complexity index is 20.5. The number of nitrogens with one attached hydrogen (secondary N) is 4. The molecule has 0 fully saturated rings. The molecule has 0 aromatic rings. The zero-order valence-electron chi connectivity index (χ0n) is 5.13. The van der Waals surface area contributed by atoms with Gasteiger partial charge in [0.15, 0.2) is 0 Å². The van der Waals surface area contributed by atoms with E-state index in [0.29, 0.717) is 0 Å². The standard InChI is InChI=1S/4CH3N.Cu/c4*1-2;/h4*2H,1H2;. The van der Waals surface area contributed by atoms with Gasteiger partial charge in [-0.15, -0.1) is 0 Å². The molecule has 4 nitrogen and oxygen atoms in total. The molecule has 0 bridgehead atoms. The van der Waals surface area contributed by atoms with E-state index in [1.54, 1.807) is 0 Å². The monoisotopic (exact) mass is 179 g/mol. The Hall–Kier alpha value is -0.801. The summed E-state index contributed by atoms with van der Waals surface area (Å²) in [6.45, 7) is 10.0. The normalized spacial score (nSPS) is 1.78. The third-order valence-electron chi connectivity index (χ3n) is 0. The maximum Gasteiger partial charge on any atom is 0 e. The first kappa shape index (κ1) is 41.5. The minimum Gasteiger partial charge on any atom is -0.317 e. The average molecular weight is 180 g/mol. The van der Waals surface area contributed by atoms with Gasteiger partial charge in [-0.25, -0.2) is 0 Å². The predicted molar refractivity (Wildman–Crippen MR) is 39.4 cm³/mol. The first-order valence-corrected chi connectivity index (χ1v) is 1.41. The van der Waals surface area contributed by atoms with Crippen molar-refractivity contribution in [2.45, 2.75) is 0 Å². The molecule has 59 valence electrons. The van der Waals surface area contributed by atoms with Crippen molar-refractivity contribution in [1.29, 1.82) is 21.6 Å². The van der Waals surface area contributed by atoms with Crippen LogP contribution in [-0.2, 0) is 17.1 Å². The molecule has 0 rings (SSSR count). The third kappa shape index (κ3) is 304. The van der Waals surface area contributed by atoms with E-state index >= 15 is 0 Å². The van der Waals surface area contributed by atoms with E-state index in [-0.39, 0.29) is 17.1 Å². The molecule has 0 amide bonds. The molecule has 0 aliphatic rings. The van der Waals surface area contributed by atoms with E-state index in [9.17, 15) is 0 Å². The number of hydrogen-bond donors (Lipinski definition) is 4. The van der Waals surface area contributed by atoms with Crippen LogP contribution in [0.3, 0.4) is 0 Å². The fraction of sp³-hybridized carbons (Fsp3) is 0. The molecular weight excluding hydrogens is 168 g/mol. The summed E-state index contributed by atoms with van der Waals surface area (Å²) in [7, 11) is 0. The number of rotatable bonds is 0. The largest absolute Gasteiger partial charge is 0.317 e. The van der Waals surface area contributed by atoms with Gasteiger partial charge in [0, 0.05) is 17.1 Å². The first-order chi connectivity index (χ1) is 4.00. The van der Waals surface area contributed by atoms with Gasteiger partial charge in [-0.05, 0) is 26.9 Å². The van der Waals surface area contributed by atoms with Crippen LogP contribution >= 0.6 is 0 Å². The Kier molecular flexibility index (Phi) is 1990. The molecule has 0 atom stereocenters. The molecule has 1 radical (unpaired) electrons. The summed E-state index contributed by atoms with van der Waals surface area (Å²) in [6.07, 6.45) is 0. The van der Waals surface area contributed by atoms with Crippen LogP contribution in [0.2, 0.25) is 0 Å². The van der Waals surface area contributed by atoms with E-state index in [1.807, 2.05) is 0 Å². The van der Waals surface area contributed by atoms with Crippen molar-refractivity contribution in [2.24, 2.45) is 0 Å². The molecule has 0 unspecified atom stereocenters. The van der Waals surface area contributed by atoms with Crippen LogP contribution in [-0.4, -0.2) is 26.9 Å². The summed E-state index contributed by atoms with van der Waals surface area (Å²) in [5, 5.41) is 22.0. The molecule has 0 saturated heterocycles. The predicted octanol–water partition coefficient (Wildman–Crippen LogP) is 1.06. The van der Waals surface area contributed by atoms with E-state index in [1.165, 1.54) is 0 Å². The van der Waals surface area contributed by atoms with Gasteiger partial charge in [-0.3, -0.25) is 0 Å². The van der Waals surface area contributed by atoms with Crippen LogP contribution < -0.4 is 0 Å². The molecule has 0 heterocycles. The number of hydrogen-bond acceptors (Lipinski definition) is 4. The Balaban J connectivity index is -0.00000000762. The quantitative estimate of drug-likeness (QED) is 0.316. The first-order valence-electron chi connectivity index (χ1n) is 1.41. The van der Waals surface area contributed by atoms with Crippen molar-refractivity contribution < 1.29 is 17.1 Å². The molecule has 0 spiro atoms. The second kappa shape index (κ2) is 432. The third-order valence-corrected chi connectivity index (χ3v) is 0. The zero-order chi connectivity index (χ0) is 8.00. The molecule has 0 aliphatic carbocycles. The molecule has 0 aromatic heterocycles. The van der Waals surface area contributed by atoms with E-state index in [4.69, 9.17) is 21.6 Å². The Labute approximate surface area is 66.2 Å². The molecule has 0 aliphatic heterocycles. The summed E-state index contributed by atoms with van der Waals surface area (Å²) in [5.74, 6) is 0. The van der Waals surface area contributed by atoms with Gasteiger partial charge in [-0.1, -0.05) is 0 Å². The summed E-state index contributed by atoms with van der Waals surface area (Å²) in [4.78, 5) is 0. The Morgan fingerprint density at radius 2 is 0.444 bits per heavy atom. The van der Waals surface area contributed by atoms with Crippen LogP contribution in [0.4, 0.5) is 0 Å². The van der Waals surface area contributed by atoms with Crippen molar-refractivity contribution in [3.8, 4) is 0 Å². The van der Waals surface area contributed by atoms with Crippen molar-refractivity contribution in [2.75, 3.05) is 0 Å². The smallest absolute Gasteiger partial charge is 0 e. The van der Waals surface area contributed by atoms with Crippen LogP contribution in [0.25, 0.3) is 0 Å². The second-order valence-corrected chi connectivity index (χ2v) is 0.